The Morgan fingerprint density at radius 3 is 2.80 bits per heavy atom. The van der Waals surface area contributed by atoms with Crippen molar-refractivity contribution in [3.05, 3.63) is 21.9 Å². The number of rotatable bonds is 2. The van der Waals surface area contributed by atoms with Crippen LogP contribution < -0.4 is 0 Å². The molecule has 0 aromatic heterocycles. The molecule has 0 atom stereocenters. The number of amides is 1. The van der Waals surface area contributed by atoms with Gasteiger partial charge in [0.1, 0.15) is 5.57 Å². The lowest BCUT2D eigenvalue weighted by atomic mass is 10.3. The fraction of sp³-hybridized carbons (Fsp3) is 0.250. The minimum atomic E-state index is -0.614. The molecule has 1 aliphatic rings. The number of azo groups is 1. The van der Waals surface area contributed by atoms with E-state index in [1.54, 1.807) is 0 Å². The van der Waals surface area contributed by atoms with Gasteiger partial charge in [0, 0.05) is 4.92 Å². The van der Waals surface area contributed by atoms with Crippen LogP contribution in [-0.4, -0.2) is 17.4 Å². The summed E-state index contributed by atoms with van der Waals surface area (Å²) in [6.07, 6.45) is 1.10. The molecule has 0 radical (unpaired) electrons. The van der Waals surface area contributed by atoms with Gasteiger partial charge in [-0.3, -0.25) is 14.9 Å². The highest BCUT2D eigenvalue weighted by Crippen LogP contribution is 2.06. The van der Waals surface area contributed by atoms with E-state index in [2.05, 4.69) is 10.2 Å². The van der Waals surface area contributed by atoms with Gasteiger partial charge in [-0.25, -0.2) is 0 Å². The van der Waals surface area contributed by atoms with Crippen LogP contribution in [0.4, 0.5) is 0 Å². The highest BCUT2D eigenvalue weighted by Gasteiger charge is 2.17. The third-order valence-electron chi connectivity index (χ3n) is 0.936. The zero-order valence-electron chi connectivity index (χ0n) is 4.85. The van der Waals surface area contributed by atoms with E-state index >= 15 is 0 Å². The van der Waals surface area contributed by atoms with Crippen LogP contribution in [0.5, 0.6) is 0 Å². The second kappa shape index (κ2) is 2.34. The van der Waals surface area contributed by atoms with Crippen molar-refractivity contribution in [2.45, 2.75) is 0 Å². The molecule has 0 bridgehead atoms. The molecule has 1 aliphatic heterocycles. The second-order valence-electron chi connectivity index (χ2n) is 1.67. The SMILES string of the molecule is O=C1N=NC=C1C[N+](=O)[O-]. The van der Waals surface area contributed by atoms with E-state index < -0.39 is 17.4 Å². The minimum Gasteiger partial charge on any atom is -0.265 e. The fourth-order valence-corrected chi connectivity index (χ4v) is 0.518. The first kappa shape index (κ1) is 6.53. The van der Waals surface area contributed by atoms with Gasteiger partial charge in [0.2, 0.25) is 6.54 Å². The Hall–Kier alpha value is -1.59. The van der Waals surface area contributed by atoms with E-state index in [0.29, 0.717) is 0 Å². The van der Waals surface area contributed by atoms with Gasteiger partial charge in [-0.15, -0.1) is 5.11 Å². The largest absolute Gasteiger partial charge is 0.299 e. The number of nitro groups is 1. The van der Waals surface area contributed by atoms with Gasteiger partial charge in [-0.2, -0.15) is 5.11 Å². The van der Waals surface area contributed by atoms with Crippen LogP contribution in [0.25, 0.3) is 0 Å². The summed E-state index contributed by atoms with van der Waals surface area (Å²) in [6.45, 7) is -0.494. The number of carbonyl (C=O) groups excluding carboxylic acids is 1. The zero-order valence-corrected chi connectivity index (χ0v) is 4.85. The lowest BCUT2D eigenvalue weighted by Crippen LogP contribution is -2.08. The molecule has 0 unspecified atom stereocenters. The summed E-state index contributed by atoms with van der Waals surface area (Å²) in [4.78, 5) is 19.7. The lowest BCUT2D eigenvalue weighted by molar-refractivity contribution is -0.470. The standard InChI is InChI=1S/C4H3N3O3/c8-4-3(1-5-6-4)2-7(9)10/h1H,2H2. The minimum absolute atomic E-state index is 0.0324. The van der Waals surface area contributed by atoms with Gasteiger partial charge in [0.05, 0.1) is 6.20 Å². The summed E-state index contributed by atoms with van der Waals surface area (Å²) in [5, 5.41) is 16.1. The third-order valence-corrected chi connectivity index (χ3v) is 0.936. The molecule has 1 rings (SSSR count). The Balaban J connectivity index is 2.61. The predicted octanol–water partition coefficient (Wildman–Crippen LogP) is 0.139. The normalized spacial score (nSPS) is 15.6. The zero-order chi connectivity index (χ0) is 7.56. The molecule has 0 fully saturated rings. The summed E-state index contributed by atoms with van der Waals surface area (Å²) in [6, 6.07) is 0. The lowest BCUT2D eigenvalue weighted by Gasteiger charge is -1.87. The van der Waals surface area contributed by atoms with Crippen molar-refractivity contribution in [3.8, 4) is 0 Å². The summed E-state index contributed by atoms with van der Waals surface area (Å²) in [7, 11) is 0. The van der Waals surface area contributed by atoms with Crippen molar-refractivity contribution < 1.29 is 9.72 Å². The molecule has 6 nitrogen and oxygen atoms in total. The third kappa shape index (κ3) is 1.22. The summed E-state index contributed by atoms with van der Waals surface area (Å²) < 4.78 is 0. The molecule has 0 aromatic rings. The van der Waals surface area contributed by atoms with E-state index in [1.165, 1.54) is 0 Å². The molecule has 0 spiro atoms. The highest BCUT2D eigenvalue weighted by molar-refractivity contribution is 5.95. The Kier molecular flexibility index (Phi) is 1.53. The number of nitrogens with zero attached hydrogens (tertiary/aromatic N) is 3. The monoisotopic (exact) mass is 141 g/mol. The van der Waals surface area contributed by atoms with Gasteiger partial charge < -0.3 is 0 Å². The fourth-order valence-electron chi connectivity index (χ4n) is 0.518. The number of hydrogen-bond donors (Lipinski definition) is 0. The van der Waals surface area contributed by atoms with Crippen LogP contribution in [0.1, 0.15) is 0 Å². The van der Waals surface area contributed by atoms with Crippen LogP contribution in [0, 0.1) is 10.1 Å². The van der Waals surface area contributed by atoms with Crippen molar-refractivity contribution in [3.63, 3.8) is 0 Å². The summed E-state index contributed by atoms with van der Waals surface area (Å²) in [5.41, 5.74) is 0.0324. The van der Waals surface area contributed by atoms with Crippen LogP contribution in [-0.2, 0) is 4.79 Å². The molecule has 0 N–H and O–H groups in total. The molecule has 0 aromatic carbocycles. The Morgan fingerprint density at radius 1 is 1.70 bits per heavy atom. The molecule has 1 amide bonds. The Bertz CT molecular complexity index is 242. The van der Waals surface area contributed by atoms with E-state index in [9.17, 15) is 14.9 Å². The first-order valence-electron chi connectivity index (χ1n) is 2.46. The highest BCUT2D eigenvalue weighted by atomic mass is 16.6. The molecule has 6 heteroatoms. The van der Waals surface area contributed by atoms with Gasteiger partial charge >= 0.3 is 0 Å². The topological polar surface area (TPSA) is 84.9 Å². The van der Waals surface area contributed by atoms with Crippen molar-refractivity contribution in [1.29, 1.82) is 0 Å². The van der Waals surface area contributed by atoms with Crippen molar-refractivity contribution in [2.75, 3.05) is 6.54 Å². The van der Waals surface area contributed by atoms with E-state index in [4.69, 9.17) is 0 Å². The molecule has 10 heavy (non-hydrogen) atoms. The molecule has 52 valence electrons. The first-order chi connectivity index (χ1) is 4.70. The van der Waals surface area contributed by atoms with Crippen LogP contribution in [0.2, 0.25) is 0 Å². The van der Waals surface area contributed by atoms with E-state index in [-0.39, 0.29) is 5.57 Å². The average molecular weight is 141 g/mol. The van der Waals surface area contributed by atoms with Crippen LogP contribution >= 0.6 is 0 Å². The van der Waals surface area contributed by atoms with Crippen molar-refractivity contribution in [1.82, 2.24) is 0 Å². The van der Waals surface area contributed by atoms with Crippen LogP contribution in [0.15, 0.2) is 22.0 Å². The number of carbonyl (C=O) groups is 1. The second-order valence-corrected chi connectivity index (χ2v) is 1.67. The van der Waals surface area contributed by atoms with Crippen molar-refractivity contribution in [2.24, 2.45) is 10.2 Å². The van der Waals surface area contributed by atoms with E-state index in [0.717, 1.165) is 6.20 Å². The summed E-state index contributed by atoms with van der Waals surface area (Å²) in [5.74, 6) is -0.614. The van der Waals surface area contributed by atoms with Gasteiger partial charge in [0.25, 0.3) is 5.91 Å². The van der Waals surface area contributed by atoms with Gasteiger partial charge in [-0.1, -0.05) is 0 Å². The van der Waals surface area contributed by atoms with E-state index in [1.807, 2.05) is 0 Å². The number of hydrogen-bond acceptors (Lipinski definition) is 4. The van der Waals surface area contributed by atoms with Crippen molar-refractivity contribution >= 4 is 5.91 Å². The molecule has 0 saturated heterocycles. The van der Waals surface area contributed by atoms with Gasteiger partial charge in [0.15, 0.2) is 0 Å². The first-order valence-corrected chi connectivity index (χ1v) is 2.46. The Morgan fingerprint density at radius 2 is 2.40 bits per heavy atom. The predicted molar refractivity (Wildman–Crippen MR) is 29.8 cm³/mol. The average Bonchev–Trinajstić information content (AvgIpc) is 2.15. The molecule has 1 heterocycles. The van der Waals surface area contributed by atoms with Crippen LogP contribution in [0.3, 0.4) is 0 Å². The smallest absolute Gasteiger partial charge is 0.265 e. The Labute approximate surface area is 55.4 Å². The molecular formula is C4H3N3O3. The van der Waals surface area contributed by atoms with Gasteiger partial charge in [-0.05, 0) is 0 Å². The molecule has 0 saturated carbocycles. The maximum Gasteiger partial charge on any atom is 0.299 e. The molecule has 0 aliphatic carbocycles. The quantitative estimate of drug-likeness (QED) is 0.404. The summed E-state index contributed by atoms with van der Waals surface area (Å²) >= 11 is 0. The molecular weight excluding hydrogens is 138 g/mol. The maximum atomic E-state index is 10.5. The maximum absolute atomic E-state index is 10.5.